The third-order valence-electron chi connectivity index (χ3n) is 3.53. The van der Waals surface area contributed by atoms with Gasteiger partial charge in [-0.3, -0.25) is 15.3 Å². The highest BCUT2D eigenvalue weighted by Crippen LogP contribution is 2.26. The number of nitrogens with one attached hydrogen (secondary N) is 1. The first-order valence-corrected chi connectivity index (χ1v) is 7.38. The summed E-state index contributed by atoms with van der Waals surface area (Å²) in [4.78, 5) is 9.76. The van der Waals surface area contributed by atoms with Gasteiger partial charge in [-0.2, -0.15) is 0 Å². The van der Waals surface area contributed by atoms with E-state index in [9.17, 15) is 0 Å². The molecule has 0 radical (unpaired) electrons. The number of nitrogens with zero attached hydrogens (tertiary/aromatic N) is 1. The number of ether oxygens (including phenoxy) is 1. The molecule has 118 valence electrons. The number of rotatable bonds is 5. The molecule has 1 aromatic carbocycles. The molecule has 0 aliphatic rings. The quantitative estimate of drug-likeness (QED) is 0.839. The number of hydrogen-bond donors (Lipinski definition) is 1. The number of aryl methyl sites for hydroxylation is 1. The summed E-state index contributed by atoms with van der Waals surface area (Å²) in [5.74, 6) is 0.700. The fourth-order valence-electron chi connectivity index (χ4n) is 2.19. The lowest BCUT2D eigenvalue weighted by Gasteiger charge is -2.19. The highest BCUT2D eigenvalue weighted by molar-refractivity contribution is 5.56. The van der Waals surface area contributed by atoms with Crippen LogP contribution in [-0.4, -0.2) is 12.1 Å². The van der Waals surface area contributed by atoms with Gasteiger partial charge in [-0.05, 0) is 29.5 Å². The molecule has 0 atom stereocenters. The molecule has 0 saturated carbocycles. The first kappa shape index (κ1) is 16.3. The second kappa shape index (κ2) is 6.79. The number of benzene rings is 1. The van der Waals surface area contributed by atoms with Crippen molar-refractivity contribution in [3.8, 4) is 5.75 Å². The fourth-order valence-corrected chi connectivity index (χ4v) is 2.19. The van der Waals surface area contributed by atoms with Gasteiger partial charge in [0.2, 0.25) is 0 Å². The Morgan fingerprint density at radius 3 is 2.36 bits per heavy atom. The van der Waals surface area contributed by atoms with Gasteiger partial charge < -0.3 is 4.74 Å². The molecule has 0 aliphatic carbocycles. The SMILES string of the molecule is COc1c(NOCc2ccc(C(C)(C)C)cc2)ccnc1C. The van der Waals surface area contributed by atoms with E-state index in [4.69, 9.17) is 9.57 Å². The molecule has 2 aromatic rings. The molecule has 0 fully saturated rings. The van der Waals surface area contributed by atoms with Crippen molar-refractivity contribution in [1.29, 1.82) is 0 Å². The Morgan fingerprint density at radius 1 is 1.09 bits per heavy atom. The third kappa shape index (κ3) is 3.98. The van der Waals surface area contributed by atoms with E-state index in [2.05, 4.69) is 55.5 Å². The molecule has 0 aliphatic heterocycles. The van der Waals surface area contributed by atoms with Crippen LogP contribution in [0.25, 0.3) is 0 Å². The minimum absolute atomic E-state index is 0.166. The predicted molar refractivity (Wildman–Crippen MR) is 89.1 cm³/mol. The minimum atomic E-state index is 0.166. The van der Waals surface area contributed by atoms with Crippen LogP contribution in [0.3, 0.4) is 0 Å². The van der Waals surface area contributed by atoms with Crippen LogP contribution in [-0.2, 0) is 16.9 Å². The van der Waals surface area contributed by atoms with Crippen molar-refractivity contribution in [1.82, 2.24) is 4.98 Å². The molecular formula is C18H24N2O2. The maximum atomic E-state index is 5.57. The number of methoxy groups -OCH3 is 1. The van der Waals surface area contributed by atoms with Crippen molar-refractivity contribution in [3.05, 3.63) is 53.3 Å². The van der Waals surface area contributed by atoms with E-state index in [-0.39, 0.29) is 5.41 Å². The maximum Gasteiger partial charge on any atom is 0.165 e. The van der Waals surface area contributed by atoms with E-state index in [1.807, 2.05) is 13.0 Å². The van der Waals surface area contributed by atoms with Gasteiger partial charge in [-0.1, -0.05) is 45.0 Å². The Kier molecular flexibility index (Phi) is 5.03. The Hall–Kier alpha value is -2.07. The molecule has 0 bridgehead atoms. The van der Waals surface area contributed by atoms with Crippen molar-refractivity contribution < 1.29 is 9.57 Å². The molecule has 1 heterocycles. The second-order valence-corrected chi connectivity index (χ2v) is 6.31. The second-order valence-electron chi connectivity index (χ2n) is 6.31. The fraction of sp³-hybridized carbons (Fsp3) is 0.389. The summed E-state index contributed by atoms with van der Waals surface area (Å²) in [7, 11) is 1.63. The summed E-state index contributed by atoms with van der Waals surface area (Å²) in [5, 5.41) is 0. The zero-order chi connectivity index (χ0) is 16.2. The molecule has 0 amide bonds. The van der Waals surface area contributed by atoms with E-state index in [1.165, 1.54) is 5.56 Å². The van der Waals surface area contributed by atoms with E-state index in [0.717, 1.165) is 16.9 Å². The molecule has 0 spiro atoms. The van der Waals surface area contributed by atoms with Crippen molar-refractivity contribution in [2.45, 2.75) is 39.7 Å². The van der Waals surface area contributed by atoms with Gasteiger partial charge in [0.25, 0.3) is 0 Å². The van der Waals surface area contributed by atoms with Crippen LogP contribution in [0.2, 0.25) is 0 Å². The Bertz CT molecular complexity index is 616. The first-order valence-electron chi connectivity index (χ1n) is 7.38. The number of aromatic nitrogens is 1. The van der Waals surface area contributed by atoms with E-state index < -0.39 is 0 Å². The largest absolute Gasteiger partial charge is 0.493 e. The molecule has 1 N–H and O–H groups in total. The zero-order valence-corrected chi connectivity index (χ0v) is 13.9. The van der Waals surface area contributed by atoms with Crippen LogP contribution in [0.5, 0.6) is 5.75 Å². The lowest BCUT2D eigenvalue weighted by Crippen LogP contribution is -2.11. The predicted octanol–water partition coefficient (Wildman–Crippen LogP) is 4.24. The van der Waals surface area contributed by atoms with Crippen LogP contribution >= 0.6 is 0 Å². The topological polar surface area (TPSA) is 43.4 Å². The molecular weight excluding hydrogens is 276 g/mol. The lowest BCUT2D eigenvalue weighted by atomic mass is 9.87. The van der Waals surface area contributed by atoms with Gasteiger partial charge in [0.05, 0.1) is 19.4 Å². The molecule has 1 aromatic heterocycles. The summed E-state index contributed by atoms with van der Waals surface area (Å²) < 4.78 is 5.33. The summed E-state index contributed by atoms with van der Waals surface area (Å²) in [6, 6.07) is 10.3. The van der Waals surface area contributed by atoms with Gasteiger partial charge in [-0.15, -0.1) is 0 Å². The summed E-state index contributed by atoms with van der Waals surface area (Å²) >= 11 is 0. The standard InChI is InChI=1S/C18H24N2O2/c1-13-17(21-5)16(10-11-19-13)20-22-12-14-6-8-15(9-7-14)18(2,3)4/h6-11H,12H2,1-5H3,(H,19,20). The number of anilines is 1. The van der Waals surface area contributed by atoms with Crippen molar-refractivity contribution in [2.75, 3.05) is 12.6 Å². The smallest absolute Gasteiger partial charge is 0.165 e. The van der Waals surface area contributed by atoms with Crippen molar-refractivity contribution >= 4 is 5.69 Å². The normalized spacial score (nSPS) is 11.3. The highest BCUT2D eigenvalue weighted by atomic mass is 16.6. The number of pyridine rings is 1. The summed E-state index contributed by atoms with van der Waals surface area (Å²) in [6.07, 6.45) is 1.72. The zero-order valence-electron chi connectivity index (χ0n) is 13.9. The van der Waals surface area contributed by atoms with Crippen LogP contribution in [0, 0.1) is 6.92 Å². The molecule has 0 saturated heterocycles. The average Bonchev–Trinajstić information content (AvgIpc) is 2.47. The Balaban J connectivity index is 1.96. The third-order valence-corrected chi connectivity index (χ3v) is 3.53. The molecule has 2 rings (SSSR count). The summed E-state index contributed by atoms with van der Waals surface area (Å²) in [5.41, 5.74) is 7.13. The minimum Gasteiger partial charge on any atom is -0.493 e. The van der Waals surface area contributed by atoms with Gasteiger partial charge in [0.15, 0.2) is 5.75 Å². The Morgan fingerprint density at radius 2 is 1.77 bits per heavy atom. The molecule has 4 heteroatoms. The van der Waals surface area contributed by atoms with Crippen LogP contribution in [0.15, 0.2) is 36.5 Å². The lowest BCUT2D eigenvalue weighted by molar-refractivity contribution is 0.179. The van der Waals surface area contributed by atoms with E-state index in [0.29, 0.717) is 12.4 Å². The van der Waals surface area contributed by atoms with Crippen molar-refractivity contribution in [3.63, 3.8) is 0 Å². The van der Waals surface area contributed by atoms with Gasteiger partial charge >= 0.3 is 0 Å². The maximum absolute atomic E-state index is 5.57. The average molecular weight is 300 g/mol. The van der Waals surface area contributed by atoms with Gasteiger partial charge in [-0.25, -0.2) is 0 Å². The van der Waals surface area contributed by atoms with Crippen molar-refractivity contribution in [2.24, 2.45) is 0 Å². The van der Waals surface area contributed by atoms with Gasteiger partial charge in [0.1, 0.15) is 5.69 Å². The van der Waals surface area contributed by atoms with Crippen LogP contribution in [0.4, 0.5) is 5.69 Å². The Labute approximate surface area is 132 Å². The van der Waals surface area contributed by atoms with Crippen LogP contribution < -0.4 is 10.2 Å². The first-order chi connectivity index (χ1) is 10.4. The van der Waals surface area contributed by atoms with Crippen LogP contribution in [0.1, 0.15) is 37.6 Å². The molecule has 0 unspecified atom stereocenters. The highest BCUT2D eigenvalue weighted by Gasteiger charge is 2.12. The van der Waals surface area contributed by atoms with E-state index >= 15 is 0 Å². The van der Waals surface area contributed by atoms with Gasteiger partial charge in [0, 0.05) is 6.20 Å². The molecule has 22 heavy (non-hydrogen) atoms. The van der Waals surface area contributed by atoms with E-state index in [1.54, 1.807) is 13.3 Å². The monoisotopic (exact) mass is 300 g/mol. The summed E-state index contributed by atoms with van der Waals surface area (Å²) in [6.45, 7) is 9.00. The number of hydrogen-bond acceptors (Lipinski definition) is 4. The molecule has 4 nitrogen and oxygen atoms in total.